The number of likely N-dealkylation sites (N-methyl/N-ethyl adjacent to an activating group) is 2. The quantitative estimate of drug-likeness (QED) is 0.0483. The number of methoxy groups -OCH3 is 2. The summed E-state index contributed by atoms with van der Waals surface area (Å²) in [5.74, 6) is -3.09. The molecule has 1 aliphatic heterocycles. The zero-order valence-corrected chi connectivity index (χ0v) is 43.8. The van der Waals surface area contributed by atoms with E-state index in [0.29, 0.717) is 31.4 Å². The van der Waals surface area contributed by atoms with E-state index < -0.39 is 89.0 Å². The number of likely N-dealkylation sites (tertiary alicyclic amines) is 1. The van der Waals surface area contributed by atoms with Crippen LogP contribution in [0.5, 0.6) is 5.75 Å². The number of nitro benzene ring substituents is 1. The predicted octanol–water partition coefficient (Wildman–Crippen LogP) is 7.31. The van der Waals surface area contributed by atoms with Crippen LogP contribution in [0.1, 0.15) is 114 Å². The summed E-state index contributed by atoms with van der Waals surface area (Å²) in [6.45, 7) is 20.3. The van der Waals surface area contributed by atoms with Crippen molar-refractivity contribution in [2.24, 2.45) is 23.7 Å². The minimum Gasteiger partial charge on any atom is -0.444 e. The first-order valence-corrected chi connectivity index (χ1v) is 24.1. The lowest BCUT2D eigenvalue weighted by molar-refractivity contribution is -0.384. The second-order valence-corrected chi connectivity index (χ2v) is 19.9. The molecule has 5 amide bonds. The number of hydrogen-bond donors (Lipinski definition) is 2. The fourth-order valence-corrected chi connectivity index (χ4v) is 9.04. The molecule has 2 N–H and O–H groups in total. The van der Waals surface area contributed by atoms with E-state index in [0.717, 1.165) is 0 Å². The van der Waals surface area contributed by atoms with Crippen molar-refractivity contribution < 1.29 is 57.4 Å². The SMILES string of the molecule is CC[C@H](C)[C@@H]([C@@H](CC(=O)N1CCC[C@H]1[C@H](OC)[C@@H](C)C(=O)N[C@H](C)[C@@H](OC(=O)Oc1ccc([N+](=O)[O-])cc1)c1ccccc1)OC)N(C)C(=O)[C@@H](NC(=O)[C@H](C(C)C)N(C)C(=O)OC(C)(C)C)C(C)C. The molecule has 0 saturated carbocycles. The molecule has 1 fully saturated rings. The number of nitrogens with one attached hydrogen (secondary N) is 2. The van der Waals surface area contributed by atoms with E-state index in [-0.39, 0.29) is 47.4 Å². The van der Waals surface area contributed by atoms with Crippen molar-refractivity contribution in [1.82, 2.24) is 25.3 Å². The monoisotopic (exact) mass is 983 g/mol. The van der Waals surface area contributed by atoms with Gasteiger partial charge in [0.05, 0.1) is 47.6 Å². The highest BCUT2D eigenvalue weighted by molar-refractivity contribution is 5.92. The predicted molar refractivity (Wildman–Crippen MR) is 263 cm³/mol. The molecule has 0 aromatic heterocycles. The van der Waals surface area contributed by atoms with Gasteiger partial charge in [0.1, 0.15) is 23.4 Å². The standard InChI is InChI=1S/C51H78N6O13/c1-16-32(6)43(54(12)48(61)41(30(2)3)53-47(60)42(31(4)5)55(13)49(62)70-51(9,10)11)39(66-14)29-40(58)56-28-20-23-38(56)44(67-15)33(7)46(59)52-34(8)45(35-21-18-17-19-22-35)69-50(63)68-37-26-24-36(25-27-37)57(64)65/h17-19,21-22,24-27,30-34,38-39,41-45H,16,20,23,28-29H2,1-15H3,(H,52,59)(H,53,60)/t32-,33+,34+,38-,39+,41-,42-,43-,44+,45+/m0/s1. The van der Waals surface area contributed by atoms with Gasteiger partial charge in [-0.2, -0.15) is 0 Å². The van der Waals surface area contributed by atoms with Gasteiger partial charge in [-0.3, -0.25) is 34.2 Å². The Morgan fingerprint density at radius 3 is 1.97 bits per heavy atom. The van der Waals surface area contributed by atoms with E-state index in [9.17, 15) is 38.9 Å². The van der Waals surface area contributed by atoms with Crippen molar-refractivity contribution in [3.8, 4) is 5.75 Å². The molecule has 0 unspecified atom stereocenters. The van der Waals surface area contributed by atoms with Crippen LogP contribution in [0.3, 0.4) is 0 Å². The number of nitro groups is 1. The molecule has 0 bridgehead atoms. The second-order valence-electron chi connectivity index (χ2n) is 19.9. The number of amides is 5. The van der Waals surface area contributed by atoms with Gasteiger partial charge in [-0.15, -0.1) is 0 Å². The first kappa shape index (κ1) is 58.5. The van der Waals surface area contributed by atoms with Crippen molar-refractivity contribution in [1.29, 1.82) is 0 Å². The molecule has 19 heteroatoms. The summed E-state index contributed by atoms with van der Waals surface area (Å²) in [7, 11) is 6.15. The van der Waals surface area contributed by atoms with Crippen LogP contribution >= 0.6 is 0 Å². The molecule has 2 aromatic rings. The van der Waals surface area contributed by atoms with Crippen molar-refractivity contribution in [2.45, 2.75) is 156 Å². The van der Waals surface area contributed by atoms with Gasteiger partial charge in [0.25, 0.3) is 5.69 Å². The average Bonchev–Trinajstić information content (AvgIpc) is 3.78. The van der Waals surface area contributed by atoms with Gasteiger partial charge in [0.2, 0.25) is 23.6 Å². The Morgan fingerprint density at radius 2 is 1.46 bits per heavy atom. The molecule has 3 rings (SSSR count). The molecule has 2 aromatic carbocycles. The third kappa shape index (κ3) is 15.8. The highest BCUT2D eigenvalue weighted by atomic mass is 16.7. The van der Waals surface area contributed by atoms with E-state index >= 15 is 0 Å². The summed E-state index contributed by atoms with van der Waals surface area (Å²) < 4.78 is 28.7. The lowest BCUT2D eigenvalue weighted by Gasteiger charge is -2.41. The van der Waals surface area contributed by atoms with Crippen LogP contribution in [0.15, 0.2) is 54.6 Å². The zero-order valence-electron chi connectivity index (χ0n) is 43.8. The average molecular weight is 983 g/mol. The second kappa shape index (κ2) is 26.4. The topological polar surface area (TPSA) is 225 Å². The maximum Gasteiger partial charge on any atom is 0.514 e. The zero-order chi connectivity index (χ0) is 52.8. The Bertz CT molecular complexity index is 2060. The minimum atomic E-state index is -1.08. The smallest absolute Gasteiger partial charge is 0.444 e. The molecule has 0 spiro atoms. The van der Waals surface area contributed by atoms with Gasteiger partial charge >= 0.3 is 12.2 Å². The van der Waals surface area contributed by atoms with Crippen LogP contribution < -0.4 is 15.4 Å². The molecule has 390 valence electrons. The summed E-state index contributed by atoms with van der Waals surface area (Å²) in [5, 5.41) is 17.0. The maximum absolute atomic E-state index is 14.6. The van der Waals surface area contributed by atoms with Gasteiger partial charge in [-0.05, 0) is 76.0 Å². The number of carbonyl (C=O) groups excluding carboxylic acids is 6. The Labute approximate surface area is 413 Å². The Balaban J connectivity index is 1.79. The molecular formula is C51H78N6O13. The molecule has 1 aliphatic rings. The number of ether oxygens (including phenoxy) is 5. The molecule has 19 nitrogen and oxygen atoms in total. The summed E-state index contributed by atoms with van der Waals surface area (Å²) in [4.78, 5) is 98.2. The van der Waals surface area contributed by atoms with Gasteiger partial charge in [0, 0.05) is 47.0 Å². The van der Waals surface area contributed by atoms with E-state index in [4.69, 9.17) is 23.7 Å². The van der Waals surface area contributed by atoms with Crippen molar-refractivity contribution in [3.05, 3.63) is 70.3 Å². The number of hydrogen-bond acceptors (Lipinski definition) is 13. The van der Waals surface area contributed by atoms with Crippen LogP contribution in [-0.4, -0.2) is 138 Å². The number of non-ortho nitro benzene ring substituents is 1. The molecule has 10 atom stereocenters. The van der Waals surface area contributed by atoms with Crippen molar-refractivity contribution in [2.75, 3.05) is 34.9 Å². The molecular weight excluding hydrogens is 905 g/mol. The Hall–Kier alpha value is -5.82. The lowest BCUT2D eigenvalue weighted by atomic mass is 9.89. The van der Waals surface area contributed by atoms with E-state index in [1.807, 2.05) is 41.5 Å². The maximum atomic E-state index is 14.6. The molecule has 70 heavy (non-hydrogen) atoms. The summed E-state index contributed by atoms with van der Waals surface area (Å²) in [6.07, 6.45) is -2.48. The van der Waals surface area contributed by atoms with Gasteiger partial charge in [-0.25, -0.2) is 9.59 Å². The number of rotatable bonds is 23. The Kier molecular flexibility index (Phi) is 22.1. The third-order valence-corrected chi connectivity index (χ3v) is 12.9. The van der Waals surface area contributed by atoms with Gasteiger partial charge in [0.15, 0.2) is 6.10 Å². The van der Waals surface area contributed by atoms with E-state index in [1.54, 1.807) is 81.8 Å². The van der Waals surface area contributed by atoms with E-state index in [2.05, 4.69) is 10.6 Å². The number of benzene rings is 2. The fourth-order valence-electron chi connectivity index (χ4n) is 9.04. The van der Waals surface area contributed by atoms with Crippen LogP contribution in [0, 0.1) is 33.8 Å². The highest BCUT2D eigenvalue weighted by Crippen LogP contribution is 2.31. The Morgan fingerprint density at radius 1 is 0.843 bits per heavy atom. The first-order chi connectivity index (χ1) is 32.8. The largest absolute Gasteiger partial charge is 0.514 e. The van der Waals surface area contributed by atoms with Crippen molar-refractivity contribution >= 4 is 41.6 Å². The highest BCUT2D eigenvalue weighted by Gasteiger charge is 2.44. The summed E-state index contributed by atoms with van der Waals surface area (Å²) >= 11 is 0. The van der Waals surface area contributed by atoms with Crippen LogP contribution in [0.2, 0.25) is 0 Å². The lowest BCUT2D eigenvalue weighted by Crippen LogP contribution is -2.60. The van der Waals surface area contributed by atoms with Gasteiger partial charge in [-0.1, -0.05) is 85.2 Å². The fraction of sp³-hybridized carbons (Fsp3) is 0.647. The minimum absolute atomic E-state index is 0.0298. The van der Waals surface area contributed by atoms with E-state index in [1.165, 1.54) is 50.4 Å². The number of nitrogens with zero attached hydrogens (tertiary/aromatic N) is 4. The summed E-state index contributed by atoms with van der Waals surface area (Å²) in [6, 6.07) is 9.96. The first-order valence-electron chi connectivity index (χ1n) is 24.1. The molecule has 0 radical (unpaired) electrons. The molecule has 1 heterocycles. The number of carbonyl (C=O) groups is 6. The normalized spacial score (nSPS) is 17.7. The van der Waals surface area contributed by atoms with Crippen molar-refractivity contribution in [3.63, 3.8) is 0 Å². The summed E-state index contributed by atoms with van der Waals surface area (Å²) in [5.41, 5.74) is -0.387. The molecule has 1 saturated heterocycles. The van der Waals surface area contributed by atoms with Crippen LogP contribution in [-0.2, 0) is 38.1 Å². The van der Waals surface area contributed by atoms with Crippen LogP contribution in [0.4, 0.5) is 15.3 Å². The molecule has 0 aliphatic carbocycles. The van der Waals surface area contributed by atoms with Gasteiger partial charge < -0.3 is 44.1 Å². The van der Waals surface area contributed by atoms with Crippen LogP contribution in [0.25, 0.3) is 0 Å². The third-order valence-electron chi connectivity index (χ3n) is 12.9.